The highest BCUT2D eigenvalue weighted by Crippen LogP contribution is 2.36. The predicted octanol–water partition coefficient (Wildman–Crippen LogP) is 1.14. The molecule has 0 aliphatic heterocycles. The number of rotatable bonds is 3. The van der Waals surface area contributed by atoms with Crippen LogP contribution in [-0.2, 0) is 9.53 Å². The maximum Gasteiger partial charge on any atom is 0.323 e. The molecule has 2 fully saturated rings. The average molecular weight is 213 g/mol. The summed E-state index contributed by atoms with van der Waals surface area (Å²) in [7, 11) is 0. The van der Waals surface area contributed by atoms with Gasteiger partial charge in [-0.05, 0) is 31.6 Å². The summed E-state index contributed by atoms with van der Waals surface area (Å²) in [6.45, 7) is 2.12. The van der Waals surface area contributed by atoms with Crippen molar-refractivity contribution in [1.29, 1.82) is 0 Å². The average Bonchev–Trinajstić information content (AvgIpc) is 2.95. The van der Waals surface area contributed by atoms with Gasteiger partial charge in [0.2, 0.25) is 0 Å². The molecule has 0 aromatic heterocycles. The molecule has 0 radical (unpaired) electrons. The van der Waals surface area contributed by atoms with Crippen LogP contribution in [0.5, 0.6) is 0 Å². The summed E-state index contributed by atoms with van der Waals surface area (Å²) < 4.78 is 5.82. The van der Waals surface area contributed by atoms with Crippen LogP contribution >= 0.6 is 0 Å². The first-order valence-electron chi connectivity index (χ1n) is 5.69. The number of ether oxygens (including phenoxy) is 1. The Morgan fingerprint density at radius 3 is 2.67 bits per heavy atom. The molecular weight excluding hydrogens is 194 g/mol. The van der Waals surface area contributed by atoms with Crippen LogP contribution in [0.15, 0.2) is 0 Å². The maximum absolute atomic E-state index is 11.0. The summed E-state index contributed by atoms with van der Waals surface area (Å²) in [5, 5.41) is 9.07. The van der Waals surface area contributed by atoms with Crippen LogP contribution in [-0.4, -0.2) is 28.8 Å². The van der Waals surface area contributed by atoms with Gasteiger partial charge in [-0.25, -0.2) is 0 Å². The zero-order valence-electron chi connectivity index (χ0n) is 9.11. The van der Waals surface area contributed by atoms with Gasteiger partial charge < -0.3 is 15.6 Å². The van der Waals surface area contributed by atoms with Crippen molar-refractivity contribution < 1.29 is 14.6 Å². The van der Waals surface area contributed by atoms with Crippen molar-refractivity contribution in [2.75, 3.05) is 0 Å². The van der Waals surface area contributed by atoms with E-state index >= 15 is 0 Å². The smallest absolute Gasteiger partial charge is 0.323 e. The second-order valence-corrected chi connectivity index (χ2v) is 5.06. The first-order valence-corrected chi connectivity index (χ1v) is 5.69. The number of hydrogen-bond acceptors (Lipinski definition) is 3. The fourth-order valence-corrected chi connectivity index (χ4v) is 2.16. The van der Waals surface area contributed by atoms with Gasteiger partial charge in [0, 0.05) is 6.42 Å². The SMILES string of the molecule is CC1CCC(N)(C(=O)O)CC1OC1CC1. The van der Waals surface area contributed by atoms with E-state index in [1.54, 1.807) is 0 Å². The minimum Gasteiger partial charge on any atom is -0.480 e. The molecule has 0 aromatic rings. The van der Waals surface area contributed by atoms with E-state index in [0.29, 0.717) is 24.9 Å². The summed E-state index contributed by atoms with van der Waals surface area (Å²) in [4.78, 5) is 11.0. The summed E-state index contributed by atoms with van der Waals surface area (Å²) >= 11 is 0. The highest BCUT2D eigenvalue weighted by Gasteiger charge is 2.44. The number of nitrogens with two attached hydrogens (primary N) is 1. The third-order valence-corrected chi connectivity index (χ3v) is 3.56. The Morgan fingerprint density at radius 1 is 1.47 bits per heavy atom. The van der Waals surface area contributed by atoms with Gasteiger partial charge >= 0.3 is 5.97 Å². The minimum atomic E-state index is -1.06. The van der Waals surface area contributed by atoms with Crippen LogP contribution in [0.1, 0.15) is 39.0 Å². The number of carboxylic acid groups (broad SMARTS) is 1. The Bertz CT molecular complexity index is 265. The minimum absolute atomic E-state index is 0.0346. The van der Waals surface area contributed by atoms with Gasteiger partial charge in [0.05, 0.1) is 12.2 Å². The summed E-state index contributed by atoms with van der Waals surface area (Å²) in [6.07, 6.45) is 4.51. The zero-order valence-corrected chi connectivity index (χ0v) is 9.11. The molecule has 0 amide bonds. The number of hydrogen-bond donors (Lipinski definition) is 2. The lowest BCUT2D eigenvalue weighted by Gasteiger charge is -2.38. The standard InChI is InChI=1S/C11H19NO3/c1-7-4-5-11(12,10(13)14)6-9(7)15-8-2-3-8/h7-9H,2-6,12H2,1H3,(H,13,14). The molecule has 3 atom stereocenters. The van der Waals surface area contributed by atoms with Crippen molar-refractivity contribution in [3.8, 4) is 0 Å². The van der Waals surface area contributed by atoms with Crippen LogP contribution in [0.25, 0.3) is 0 Å². The zero-order chi connectivity index (χ0) is 11.1. The van der Waals surface area contributed by atoms with Gasteiger partial charge in [-0.3, -0.25) is 4.79 Å². The number of carboxylic acids is 1. The van der Waals surface area contributed by atoms with Gasteiger partial charge in [0.25, 0.3) is 0 Å². The Labute approximate surface area is 89.8 Å². The molecule has 2 aliphatic rings. The highest BCUT2D eigenvalue weighted by molar-refractivity contribution is 5.78. The quantitative estimate of drug-likeness (QED) is 0.737. The van der Waals surface area contributed by atoms with Crippen molar-refractivity contribution in [3.05, 3.63) is 0 Å². The van der Waals surface area contributed by atoms with Crippen molar-refractivity contribution in [2.24, 2.45) is 11.7 Å². The van der Waals surface area contributed by atoms with Crippen LogP contribution in [0.2, 0.25) is 0 Å². The van der Waals surface area contributed by atoms with E-state index in [9.17, 15) is 4.79 Å². The lowest BCUT2D eigenvalue weighted by molar-refractivity contribution is -0.148. The first-order chi connectivity index (χ1) is 7.01. The number of carbonyl (C=O) groups is 1. The van der Waals surface area contributed by atoms with Crippen molar-refractivity contribution in [2.45, 2.75) is 56.8 Å². The lowest BCUT2D eigenvalue weighted by atomic mass is 9.76. The third kappa shape index (κ3) is 2.32. The molecule has 15 heavy (non-hydrogen) atoms. The van der Waals surface area contributed by atoms with Gasteiger partial charge in [0.1, 0.15) is 5.54 Å². The van der Waals surface area contributed by atoms with Gasteiger partial charge in [-0.15, -0.1) is 0 Å². The maximum atomic E-state index is 11.0. The van der Waals surface area contributed by atoms with Crippen LogP contribution in [0.3, 0.4) is 0 Å². The summed E-state index contributed by atoms with van der Waals surface area (Å²) in [5.74, 6) is -0.458. The van der Waals surface area contributed by atoms with Crippen LogP contribution in [0.4, 0.5) is 0 Å². The molecule has 0 aromatic carbocycles. The molecule has 3 N–H and O–H groups in total. The topological polar surface area (TPSA) is 72.6 Å². The summed E-state index contributed by atoms with van der Waals surface area (Å²) in [6, 6.07) is 0. The second kappa shape index (κ2) is 3.76. The molecular formula is C11H19NO3. The fourth-order valence-electron chi connectivity index (χ4n) is 2.16. The Balaban J connectivity index is 1.99. The number of aliphatic carboxylic acids is 1. The normalized spacial score (nSPS) is 41.5. The largest absolute Gasteiger partial charge is 0.480 e. The first kappa shape index (κ1) is 10.9. The molecule has 2 saturated carbocycles. The van der Waals surface area contributed by atoms with E-state index in [1.165, 1.54) is 0 Å². The van der Waals surface area contributed by atoms with Crippen LogP contribution < -0.4 is 5.73 Å². The molecule has 0 bridgehead atoms. The molecule has 0 heterocycles. The lowest BCUT2D eigenvalue weighted by Crippen LogP contribution is -2.54. The summed E-state index contributed by atoms with van der Waals surface area (Å²) in [5.41, 5.74) is 4.81. The van der Waals surface area contributed by atoms with Gasteiger partial charge in [-0.2, -0.15) is 0 Å². The van der Waals surface area contributed by atoms with E-state index in [0.717, 1.165) is 19.3 Å². The molecule has 3 unspecified atom stereocenters. The van der Waals surface area contributed by atoms with Crippen molar-refractivity contribution in [1.82, 2.24) is 0 Å². The van der Waals surface area contributed by atoms with Crippen LogP contribution in [0, 0.1) is 5.92 Å². The Morgan fingerprint density at radius 2 is 2.13 bits per heavy atom. The predicted molar refractivity (Wildman–Crippen MR) is 55.5 cm³/mol. The molecule has 0 saturated heterocycles. The van der Waals surface area contributed by atoms with E-state index in [2.05, 4.69) is 6.92 Å². The third-order valence-electron chi connectivity index (χ3n) is 3.56. The van der Waals surface area contributed by atoms with E-state index in [-0.39, 0.29) is 6.10 Å². The van der Waals surface area contributed by atoms with Gasteiger partial charge in [-0.1, -0.05) is 6.92 Å². The van der Waals surface area contributed by atoms with Crippen molar-refractivity contribution in [3.63, 3.8) is 0 Å². The molecule has 86 valence electrons. The Kier molecular flexibility index (Phi) is 2.73. The molecule has 2 rings (SSSR count). The monoisotopic (exact) mass is 213 g/mol. The second-order valence-electron chi connectivity index (χ2n) is 5.06. The molecule has 2 aliphatic carbocycles. The van der Waals surface area contributed by atoms with E-state index in [1.807, 2.05) is 0 Å². The molecule has 4 nitrogen and oxygen atoms in total. The highest BCUT2D eigenvalue weighted by atomic mass is 16.5. The van der Waals surface area contributed by atoms with Crippen molar-refractivity contribution >= 4 is 5.97 Å². The van der Waals surface area contributed by atoms with E-state index < -0.39 is 11.5 Å². The Hall–Kier alpha value is -0.610. The van der Waals surface area contributed by atoms with Gasteiger partial charge in [0.15, 0.2) is 0 Å². The van der Waals surface area contributed by atoms with E-state index in [4.69, 9.17) is 15.6 Å². The molecule has 0 spiro atoms. The fraction of sp³-hybridized carbons (Fsp3) is 0.909. The molecule has 4 heteroatoms.